The largest absolute Gasteiger partial charge is 0.307 e. The smallest absolute Gasteiger partial charge is 0.0541 e. The first-order valence-corrected chi connectivity index (χ1v) is 11.5. The van der Waals surface area contributed by atoms with Gasteiger partial charge in [-0.2, -0.15) is 0 Å². The van der Waals surface area contributed by atoms with Crippen molar-refractivity contribution in [3.63, 3.8) is 0 Å². The third-order valence-electron chi connectivity index (χ3n) is 4.31. The standard InChI is InChI=1S/C18H24N4.2ClH.Fe/c1-2-10-18(22-14-16-8-4-6-12-20-16)17(9-1)21-13-15-7-3-5-11-19-15;;;/h3-8,11-12,17-18,21-22H,1-2,9-10,13-14H2;2*1H;/q;;;+2/p-2/t17-,18-;;;/m0.../s1. The topological polar surface area (TPSA) is 49.8 Å². The minimum absolute atomic E-state index is 0.194. The van der Waals surface area contributed by atoms with E-state index in [2.05, 4.69) is 32.7 Å². The predicted molar refractivity (Wildman–Crippen MR) is 99.9 cm³/mol. The van der Waals surface area contributed by atoms with Crippen LogP contribution in [-0.2, 0) is 26.2 Å². The SMILES string of the molecule is [Cl][Fe][Cl].c1ccc(CN[C@H]2CCCC[C@@H]2NCc2ccccn2)nc1. The van der Waals surface area contributed by atoms with Crippen LogP contribution in [0.5, 0.6) is 0 Å². The van der Waals surface area contributed by atoms with Crippen molar-refractivity contribution in [2.45, 2.75) is 50.9 Å². The number of halogens is 2. The van der Waals surface area contributed by atoms with Gasteiger partial charge in [0.1, 0.15) is 0 Å². The van der Waals surface area contributed by atoms with Crippen molar-refractivity contribution in [1.29, 1.82) is 0 Å². The molecule has 138 valence electrons. The number of nitrogens with one attached hydrogen (secondary N) is 2. The summed E-state index contributed by atoms with van der Waals surface area (Å²) in [5.74, 6) is 0. The van der Waals surface area contributed by atoms with Gasteiger partial charge in [0.05, 0.1) is 11.4 Å². The Bertz CT molecular complexity index is 522. The zero-order chi connectivity index (χ0) is 17.7. The Hall–Kier alpha value is -0.681. The Morgan fingerprint density at radius 3 is 1.64 bits per heavy atom. The summed E-state index contributed by atoms with van der Waals surface area (Å²) in [6.45, 7) is 1.68. The third-order valence-corrected chi connectivity index (χ3v) is 4.31. The van der Waals surface area contributed by atoms with Gasteiger partial charge >= 0.3 is 33.3 Å². The van der Waals surface area contributed by atoms with E-state index >= 15 is 0 Å². The van der Waals surface area contributed by atoms with Crippen LogP contribution in [-0.4, -0.2) is 22.1 Å². The van der Waals surface area contributed by atoms with Gasteiger partial charge in [-0.25, -0.2) is 0 Å². The number of rotatable bonds is 6. The molecule has 0 amide bonds. The molecule has 2 N–H and O–H groups in total. The van der Waals surface area contributed by atoms with Crippen molar-refractivity contribution in [3.8, 4) is 0 Å². The molecule has 1 aliphatic rings. The van der Waals surface area contributed by atoms with E-state index in [0.29, 0.717) is 12.1 Å². The van der Waals surface area contributed by atoms with E-state index in [1.165, 1.54) is 25.7 Å². The summed E-state index contributed by atoms with van der Waals surface area (Å²) in [5, 5.41) is 7.36. The van der Waals surface area contributed by atoms with Crippen molar-refractivity contribution in [2.75, 3.05) is 0 Å². The Morgan fingerprint density at radius 1 is 0.840 bits per heavy atom. The van der Waals surface area contributed by atoms with Gasteiger partial charge in [-0.05, 0) is 37.1 Å². The van der Waals surface area contributed by atoms with Crippen molar-refractivity contribution in [1.82, 2.24) is 20.6 Å². The Morgan fingerprint density at radius 2 is 1.28 bits per heavy atom. The molecule has 1 fully saturated rings. The van der Waals surface area contributed by atoms with E-state index in [-0.39, 0.29) is 13.1 Å². The zero-order valence-corrected chi connectivity index (χ0v) is 16.6. The molecule has 0 aromatic carbocycles. The molecule has 0 radical (unpaired) electrons. The van der Waals surface area contributed by atoms with E-state index in [9.17, 15) is 0 Å². The fourth-order valence-corrected chi connectivity index (χ4v) is 3.10. The molecule has 2 aromatic heterocycles. The summed E-state index contributed by atoms with van der Waals surface area (Å²) < 4.78 is 0. The second-order valence-corrected chi connectivity index (χ2v) is 7.78. The van der Waals surface area contributed by atoms with E-state index in [1.54, 1.807) is 0 Å². The van der Waals surface area contributed by atoms with Crippen LogP contribution >= 0.6 is 20.2 Å². The summed E-state index contributed by atoms with van der Waals surface area (Å²) in [6, 6.07) is 13.2. The van der Waals surface area contributed by atoms with Crippen LogP contribution in [0.2, 0.25) is 0 Å². The van der Waals surface area contributed by atoms with Gasteiger partial charge in [0, 0.05) is 37.6 Å². The zero-order valence-electron chi connectivity index (χ0n) is 14.0. The molecule has 4 nitrogen and oxygen atoms in total. The van der Waals surface area contributed by atoms with Gasteiger partial charge in [-0.3, -0.25) is 9.97 Å². The normalized spacial score (nSPS) is 19.9. The van der Waals surface area contributed by atoms with E-state index in [1.807, 2.05) is 36.7 Å². The molecule has 0 bridgehead atoms. The molecular formula is C18H24Cl2FeN4. The fraction of sp³-hybridized carbons (Fsp3) is 0.444. The molecule has 0 aliphatic heterocycles. The van der Waals surface area contributed by atoms with Gasteiger partial charge in [-0.1, -0.05) is 25.0 Å². The van der Waals surface area contributed by atoms with E-state index < -0.39 is 0 Å². The molecule has 0 spiro atoms. The first kappa shape index (κ1) is 20.6. The molecule has 2 heterocycles. The van der Waals surface area contributed by atoms with Crippen LogP contribution in [0.15, 0.2) is 48.8 Å². The van der Waals surface area contributed by atoms with Crippen LogP contribution in [0, 0.1) is 0 Å². The first-order valence-electron chi connectivity index (χ1n) is 8.45. The summed E-state index contributed by atoms with van der Waals surface area (Å²) in [4.78, 5) is 8.78. The maximum atomic E-state index is 4.76. The quantitative estimate of drug-likeness (QED) is 0.689. The van der Waals surface area contributed by atoms with Crippen molar-refractivity contribution in [3.05, 3.63) is 60.2 Å². The second kappa shape index (κ2) is 12.6. The molecule has 3 rings (SSSR count). The molecule has 0 saturated heterocycles. The van der Waals surface area contributed by atoms with Crippen LogP contribution in [0.1, 0.15) is 37.1 Å². The van der Waals surface area contributed by atoms with Crippen LogP contribution < -0.4 is 10.6 Å². The molecule has 2 aromatic rings. The molecule has 0 unspecified atom stereocenters. The number of aromatic nitrogens is 2. The third kappa shape index (κ3) is 8.04. The average Bonchev–Trinajstić information content (AvgIpc) is 2.68. The van der Waals surface area contributed by atoms with Crippen molar-refractivity contribution in [2.24, 2.45) is 0 Å². The number of hydrogen-bond acceptors (Lipinski definition) is 4. The van der Waals surface area contributed by atoms with E-state index in [4.69, 9.17) is 20.2 Å². The van der Waals surface area contributed by atoms with Gasteiger partial charge in [0.15, 0.2) is 0 Å². The minimum atomic E-state index is 0.194. The number of hydrogen-bond donors (Lipinski definition) is 2. The summed E-state index contributed by atoms with van der Waals surface area (Å²) in [6.07, 6.45) is 8.78. The average molecular weight is 423 g/mol. The Balaban J connectivity index is 0.000000701. The monoisotopic (exact) mass is 422 g/mol. The van der Waals surface area contributed by atoms with Gasteiger partial charge < -0.3 is 10.6 Å². The number of pyridine rings is 2. The van der Waals surface area contributed by atoms with Gasteiger partial charge in [0.25, 0.3) is 0 Å². The molecule has 2 atom stereocenters. The fourth-order valence-electron chi connectivity index (χ4n) is 3.10. The van der Waals surface area contributed by atoms with Crippen LogP contribution in [0.3, 0.4) is 0 Å². The van der Waals surface area contributed by atoms with Gasteiger partial charge in [-0.15, -0.1) is 0 Å². The summed E-state index contributed by atoms with van der Waals surface area (Å²) in [5.41, 5.74) is 2.22. The molecular weight excluding hydrogens is 399 g/mol. The Labute approximate surface area is 164 Å². The van der Waals surface area contributed by atoms with Crippen LogP contribution in [0.4, 0.5) is 0 Å². The minimum Gasteiger partial charge on any atom is -0.307 e. The Kier molecular flexibility index (Phi) is 10.4. The van der Waals surface area contributed by atoms with Crippen LogP contribution in [0.25, 0.3) is 0 Å². The molecule has 1 saturated carbocycles. The molecule has 25 heavy (non-hydrogen) atoms. The van der Waals surface area contributed by atoms with Crippen molar-refractivity contribution >= 4 is 20.2 Å². The van der Waals surface area contributed by atoms with Crippen molar-refractivity contribution < 1.29 is 13.1 Å². The second-order valence-electron chi connectivity index (χ2n) is 5.95. The maximum Gasteiger partial charge on any atom is 0.0541 e. The summed E-state index contributed by atoms with van der Waals surface area (Å²) in [7, 11) is 9.53. The summed E-state index contributed by atoms with van der Waals surface area (Å²) >= 11 is 0.194. The predicted octanol–water partition coefficient (Wildman–Crippen LogP) is 4.04. The molecule has 7 heteroatoms. The first-order chi connectivity index (χ1) is 12.3. The molecule has 1 aliphatic carbocycles. The van der Waals surface area contributed by atoms with Gasteiger partial charge in [0.2, 0.25) is 0 Å². The maximum absolute atomic E-state index is 4.76. The number of nitrogens with zero attached hydrogens (tertiary/aromatic N) is 2. The van der Waals surface area contributed by atoms with E-state index in [0.717, 1.165) is 24.5 Å².